The van der Waals surface area contributed by atoms with Crippen molar-refractivity contribution < 1.29 is 9.53 Å². The molecule has 0 radical (unpaired) electrons. The molecule has 0 aromatic heterocycles. The largest absolute Gasteiger partial charge is 0.497 e. The first-order chi connectivity index (χ1) is 9.11. The number of hydrogen-bond acceptors (Lipinski definition) is 2. The number of benzene rings is 2. The van der Waals surface area contributed by atoms with Crippen LogP contribution in [-0.4, -0.2) is 12.9 Å². The van der Waals surface area contributed by atoms with Gasteiger partial charge >= 0.3 is 0 Å². The Morgan fingerprint density at radius 2 is 1.63 bits per heavy atom. The molecule has 0 amide bonds. The van der Waals surface area contributed by atoms with E-state index in [0.717, 1.165) is 15.8 Å². The normalized spacial score (nSPS) is 11.9. The van der Waals surface area contributed by atoms with E-state index >= 15 is 0 Å². The Hall–Kier alpha value is -1.13. The highest BCUT2D eigenvalue weighted by Gasteiger charge is 2.18. The number of ketones is 1. The van der Waals surface area contributed by atoms with Crippen molar-refractivity contribution in [2.24, 2.45) is 0 Å². The van der Waals surface area contributed by atoms with Gasteiger partial charge in [-0.3, -0.25) is 4.79 Å². The van der Waals surface area contributed by atoms with Crippen molar-refractivity contribution in [2.75, 3.05) is 7.11 Å². The third kappa shape index (κ3) is 3.45. The Kier molecular flexibility index (Phi) is 4.77. The fraction of sp³-hybridized carbons (Fsp3) is 0.133. The third-order valence-corrected chi connectivity index (χ3v) is 4.24. The highest BCUT2D eigenvalue weighted by atomic mass is 79.9. The van der Waals surface area contributed by atoms with Gasteiger partial charge in [-0.05, 0) is 29.8 Å². The van der Waals surface area contributed by atoms with Crippen LogP contribution in [0.5, 0.6) is 5.75 Å². The lowest BCUT2D eigenvalue weighted by Crippen LogP contribution is -2.06. The average Bonchev–Trinajstić information content (AvgIpc) is 2.46. The number of carbonyl (C=O) groups is 1. The summed E-state index contributed by atoms with van der Waals surface area (Å²) in [4.78, 5) is 12.0. The molecule has 2 aromatic carbocycles. The van der Waals surface area contributed by atoms with Crippen molar-refractivity contribution >= 4 is 37.6 Å². The molecule has 2 nitrogen and oxygen atoms in total. The van der Waals surface area contributed by atoms with E-state index in [1.807, 2.05) is 48.5 Å². The van der Waals surface area contributed by atoms with Gasteiger partial charge in [-0.15, -0.1) is 0 Å². The molecule has 4 heteroatoms. The van der Waals surface area contributed by atoms with E-state index < -0.39 is 0 Å². The predicted molar refractivity (Wildman–Crippen MR) is 83.1 cm³/mol. The molecule has 2 rings (SSSR count). The summed E-state index contributed by atoms with van der Waals surface area (Å²) in [5.74, 6) is 0.817. The van der Waals surface area contributed by atoms with Crippen LogP contribution in [0.3, 0.4) is 0 Å². The number of halogens is 2. The fourth-order valence-corrected chi connectivity index (χ4v) is 2.52. The van der Waals surface area contributed by atoms with Crippen LogP contribution in [-0.2, 0) is 0 Å². The smallest absolute Gasteiger partial charge is 0.180 e. The lowest BCUT2D eigenvalue weighted by atomic mass is 10.0. The first-order valence-electron chi connectivity index (χ1n) is 5.69. The van der Waals surface area contributed by atoms with Gasteiger partial charge in [0.2, 0.25) is 0 Å². The number of alkyl halides is 1. The van der Waals surface area contributed by atoms with Gasteiger partial charge in [0.15, 0.2) is 5.78 Å². The van der Waals surface area contributed by atoms with Gasteiger partial charge in [0, 0.05) is 10.0 Å². The number of carbonyl (C=O) groups excluding carboxylic acids is 1. The average molecular weight is 384 g/mol. The molecule has 1 unspecified atom stereocenters. The number of methoxy groups -OCH3 is 1. The number of hydrogen-bond donors (Lipinski definition) is 0. The predicted octanol–water partition coefficient (Wildman–Crippen LogP) is 4.78. The Bertz CT molecular complexity index is 562. The second-order valence-corrected chi connectivity index (χ2v) is 5.84. The zero-order valence-corrected chi connectivity index (χ0v) is 13.4. The minimum absolute atomic E-state index is 0.0395. The quantitative estimate of drug-likeness (QED) is 0.561. The van der Waals surface area contributed by atoms with E-state index in [0.29, 0.717) is 5.56 Å². The highest BCUT2D eigenvalue weighted by molar-refractivity contribution is 9.10. The zero-order valence-electron chi connectivity index (χ0n) is 10.3. The lowest BCUT2D eigenvalue weighted by Gasteiger charge is -2.10. The van der Waals surface area contributed by atoms with Gasteiger partial charge in [0.25, 0.3) is 0 Å². The standard InChI is InChI=1S/C15H12Br2O2/c1-19-13-8-4-10(5-9-13)14(17)15(18)11-2-6-12(16)7-3-11/h2-9,14H,1H3. The first kappa shape index (κ1) is 14.3. The molecule has 0 aliphatic carbocycles. The monoisotopic (exact) mass is 382 g/mol. The van der Waals surface area contributed by atoms with Crippen molar-refractivity contribution in [3.63, 3.8) is 0 Å². The Morgan fingerprint density at radius 1 is 1.05 bits per heavy atom. The van der Waals surface area contributed by atoms with E-state index in [1.165, 1.54) is 0 Å². The molecule has 0 N–H and O–H groups in total. The topological polar surface area (TPSA) is 26.3 Å². The minimum atomic E-state index is -0.348. The molecule has 0 saturated heterocycles. The SMILES string of the molecule is COc1ccc(C(Br)C(=O)c2ccc(Br)cc2)cc1. The summed E-state index contributed by atoms with van der Waals surface area (Å²) >= 11 is 6.81. The minimum Gasteiger partial charge on any atom is -0.497 e. The lowest BCUT2D eigenvalue weighted by molar-refractivity contribution is 0.0991. The van der Waals surface area contributed by atoms with E-state index in [-0.39, 0.29) is 10.6 Å². The second kappa shape index (κ2) is 6.35. The van der Waals surface area contributed by atoms with E-state index in [4.69, 9.17) is 4.74 Å². The molecule has 19 heavy (non-hydrogen) atoms. The molecule has 98 valence electrons. The summed E-state index contributed by atoms with van der Waals surface area (Å²) in [6, 6.07) is 14.8. The molecule has 0 heterocycles. The first-order valence-corrected chi connectivity index (χ1v) is 7.40. The molecular formula is C15H12Br2O2. The molecule has 0 aliphatic heterocycles. The van der Waals surface area contributed by atoms with Crippen LogP contribution in [0.4, 0.5) is 0 Å². The summed E-state index contributed by atoms with van der Waals surface area (Å²) in [5.41, 5.74) is 1.59. The Balaban J connectivity index is 2.20. The van der Waals surface area contributed by atoms with Crippen LogP contribution < -0.4 is 4.74 Å². The van der Waals surface area contributed by atoms with Gasteiger partial charge in [-0.1, -0.05) is 56.1 Å². The van der Waals surface area contributed by atoms with Crippen LogP contribution >= 0.6 is 31.9 Å². The molecule has 0 bridgehead atoms. The summed E-state index contributed by atoms with van der Waals surface area (Å²) in [6.45, 7) is 0. The van der Waals surface area contributed by atoms with Crippen molar-refractivity contribution in [3.05, 3.63) is 64.1 Å². The van der Waals surface area contributed by atoms with Crippen LogP contribution in [0.25, 0.3) is 0 Å². The van der Waals surface area contributed by atoms with Crippen molar-refractivity contribution in [2.45, 2.75) is 4.83 Å². The van der Waals surface area contributed by atoms with Crippen LogP contribution in [0.1, 0.15) is 20.7 Å². The Labute approximate surface area is 129 Å². The van der Waals surface area contributed by atoms with E-state index in [2.05, 4.69) is 31.9 Å². The third-order valence-electron chi connectivity index (χ3n) is 2.77. The van der Waals surface area contributed by atoms with Gasteiger partial charge in [0.1, 0.15) is 10.6 Å². The van der Waals surface area contributed by atoms with Crippen molar-refractivity contribution in [3.8, 4) is 5.75 Å². The molecule has 0 aliphatic rings. The summed E-state index contributed by atoms with van der Waals surface area (Å²) < 4.78 is 6.06. The van der Waals surface area contributed by atoms with Gasteiger partial charge in [-0.2, -0.15) is 0 Å². The van der Waals surface area contributed by atoms with Gasteiger partial charge in [-0.25, -0.2) is 0 Å². The van der Waals surface area contributed by atoms with Crippen molar-refractivity contribution in [1.82, 2.24) is 0 Å². The molecule has 0 spiro atoms. The van der Waals surface area contributed by atoms with Crippen molar-refractivity contribution in [1.29, 1.82) is 0 Å². The van der Waals surface area contributed by atoms with Crippen LogP contribution in [0.15, 0.2) is 53.0 Å². The van der Waals surface area contributed by atoms with E-state index in [9.17, 15) is 4.79 Å². The van der Waals surface area contributed by atoms with Gasteiger partial charge in [0.05, 0.1) is 7.11 Å². The number of Topliss-reactive ketones (excluding diaryl/α,β-unsaturated/α-hetero) is 1. The summed E-state index contributed by atoms with van der Waals surface area (Å²) in [5, 5.41) is 0. The molecule has 0 saturated carbocycles. The van der Waals surface area contributed by atoms with Crippen LogP contribution in [0, 0.1) is 0 Å². The highest BCUT2D eigenvalue weighted by Crippen LogP contribution is 2.28. The summed E-state index contributed by atoms with van der Waals surface area (Å²) in [6.07, 6.45) is 0. The number of rotatable bonds is 4. The fourth-order valence-electron chi connectivity index (χ4n) is 1.68. The molecule has 1 atom stereocenters. The van der Waals surface area contributed by atoms with Crippen LogP contribution in [0.2, 0.25) is 0 Å². The second-order valence-electron chi connectivity index (χ2n) is 4.01. The van der Waals surface area contributed by atoms with E-state index in [1.54, 1.807) is 7.11 Å². The Morgan fingerprint density at radius 3 is 2.16 bits per heavy atom. The molecular weight excluding hydrogens is 372 g/mol. The zero-order chi connectivity index (χ0) is 13.8. The van der Waals surface area contributed by atoms with Gasteiger partial charge < -0.3 is 4.74 Å². The molecule has 2 aromatic rings. The number of ether oxygens (including phenoxy) is 1. The maximum atomic E-state index is 12.3. The molecule has 0 fully saturated rings. The maximum Gasteiger partial charge on any atom is 0.180 e. The summed E-state index contributed by atoms with van der Waals surface area (Å²) in [7, 11) is 1.62. The maximum absolute atomic E-state index is 12.3.